The minimum Gasteiger partial charge on any atom is -0.508 e. The SMILES string of the molecule is CSCc1noc([C@@H](N)Cc2ccc(O)cc2)n1. The smallest absolute Gasteiger partial charge is 0.243 e. The van der Waals surface area contributed by atoms with Crippen LogP contribution < -0.4 is 5.73 Å². The molecule has 0 unspecified atom stereocenters. The van der Waals surface area contributed by atoms with Crippen LogP contribution in [0.4, 0.5) is 0 Å². The molecule has 2 aromatic rings. The van der Waals surface area contributed by atoms with E-state index < -0.39 is 0 Å². The lowest BCUT2D eigenvalue weighted by molar-refractivity contribution is 0.351. The molecular weight excluding hydrogens is 250 g/mol. The van der Waals surface area contributed by atoms with Crippen LogP contribution in [0.15, 0.2) is 28.8 Å². The van der Waals surface area contributed by atoms with Crippen molar-refractivity contribution in [1.29, 1.82) is 0 Å². The molecule has 96 valence electrons. The summed E-state index contributed by atoms with van der Waals surface area (Å²) in [7, 11) is 0. The first-order valence-electron chi connectivity index (χ1n) is 5.54. The zero-order valence-corrected chi connectivity index (χ0v) is 10.9. The Balaban J connectivity index is 2.02. The van der Waals surface area contributed by atoms with Gasteiger partial charge in [0.15, 0.2) is 5.82 Å². The second-order valence-electron chi connectivity index (χ2n) is 3.96. The molecule has 2 rings (SSSR count). The van der Waals surface area contributed by atoms with Gasteiger partial charge in [0, 0.05) is 0 Å². The van der Waals surface area contributed by atoms with Gasteiger partial charge in [0.25, 0.3) is 0 Å². The summed E-state index contributed by atoms with van der Waals surface area (Å²) in [5, 5.41) is 13.1. The standard InChI is InChI=1S/C12H15N3O2S/c1-18-7-11-14-12(17-15-11)10(13)6-8-2-4-9(16)5-3-8/h2-5,10,16H,6-7,13H2,1H3/t10-/m0/s1. The number of benzene rings is 1. The average Bonchev–Trinajstić information content (AvgIpc) is 2.81. The Labute approximate surface area is 109 Å². The Kier molecular flexibility index (Phi) is 4.22. The first kappa shape index (κ1) is 12.9. The van der Waals surface area contributed by atoms with E-state index in [0.717, 1.165) is 11.3 Å². The summed E-state index contributed by atoms with van der Waals surface area (Å²) in [6.45, 7) is 0. The van der Waals surface area contributed by atoms with Crippen LogP contribution in [-0.4, -0.2) is 21.5 Å². The van der Waals surface area contributed by atoms with Crippen molar-refractivity contribution in [2.75, 3.05) is 6.26 Å². The fourth-order valence-electron chi connectivity index (χ4n) is 1.58. The van der Waals surface area contributed by atoms with Crippen molar-refractivity contribution in [3.05, 3.63) is 41.5 Å². The summed E-state index contributed by atoms with van der Waals surface area (Å²) in [6, 6.07) is 6.60. The third-order valence-corrected chi connectivity index (χ3v) is 3.01. The Hall–Kier alpha value is -1.53. The molecule has 6 heteroatoms. The van der Waals surface area contributed by atoms with Gasteiger partial charge in [-0.15, -0.1) is 0 Å². The Morgan fingerprint density at radius 3 is 2.78 bits per heavy atom. The maximum absolute atomic E-state index is 9.20. The first-order chi connectivity index (χ1) is 8.69. The van der Waals surface area contributed by atoms with Crippen LogP contribution in [0.2, 0.25) is 0 Å². The van der Waals surface area contributed by atoms with E-state index in [2.05, 4.69) is 10.1 Å². The fourth-order valence-corrected chi connectivity index (χ4v) is 1.95. The second-order valence-corrected chi connectivity index (χ2v) is 4.82. The molecule has 0 fully saturated rings. The van der Waals surface area contributed by atoms with E-state index in [1.165, 1.54) is 0 Å². The molecule has 1 atom stereocenters. The first-order valence-corrected chi connectivity index (χ1v) is 6.93. The molecule has 0 radical (unpaired) electrons. The molecule has 1 aromatic carbocycles. The highest BCUT2D eigenvalue weighted by atomic mass is 32.2. The molecule has 0 amide bonds. The van der Waals surface area contributed by atoms with Crippen LogP contribution in [0.1, 0.15) is 23.3 Å². The summed E-state index contributed by atoms with van der Waals surface area (Å²) in [5.41, 5.74) is 7.03. The maximum Gasteiger partial charge on any atom is 0.243 e. The van der Waals surface area contributed by atoms with Gasteiger partial charge in [-0.05, 0) is 30.4 Å². The largest absolute Gasteiger partial charge is 0.508 e. The molecule has 0 spiro atoms. The van der Waals surface area contributed by atoms with E-state index >= 15 is 0 Å². The van der Waals surface area contributed by atoms with Crippen LogP contribution in [0.25, 0.3) is 0 Å². The molecule has 0 saturated heterocycles. The highest BCUT2D eigenvalue weighted by Crippen LogP contribution is 2.17. The molecule has 0 saturated carbocycles. The topological polar surface area (TPSA) is 85.2 Å². The normalized spacial score (nSPS) is 12.6. The number of hydrogen-bond donors (Lipinski definition) is 2. The van der Waals surface area contributed by atoms with E-state index in [9.17, 15) is 5.11 Å². The molecule has 0 aliphatic rings. The summed E-state index contributed by atoms with van der Waals surface area (Å²) in [5.74, 6) is 2.08. The Bertz CT molecular complexity index is 498. The summed E-state index contributed by atoms with van der Waals surface area (Å²) in [6.07, 6.45) is 2.58. The van der Waals surface area contributed by atoms with E-state index in [1.807, 2.05) is 18.4 Å². The number of thioether (sulfide) groups is 1. The van der Waals surface area contributed by atoms with Gasteiger partial charge in [0.2, 0.25) is 5.89 Å². The molecule has 0 aliphatic heterocycles. The number of rotatable bonds is 5. The Morgan fingerprint density at radius 1 is 1.39 bits per heavy atom. The van der Waals surface area contributed by atoms with Gasteiger partial charge < -0.3 is 15.4 Å². The second kappa shape index (κ2) is 5.88. The van der Waals surface area contributed by atoms with Crippen LogP contribution in [0.5, 0.6) is 5.75 Å². The lowest BCUT2D eigenvalue weighted by Crippen LogP contribution is -2.13. The van der Waals surface area contributed by atoms with Crippen LogP contribution in [0, 0.1) is 0 Å². The quantitative estimate of drug-likeness (QED) is 0.858. The van der Waals surface area contributed by atoms with Crippen LogP contribution in [-0.2, 0) is 12.2 Å². The number of phenolic OH excluding ortho intramolecular Hbond substituents is 1. The van der Waals surface area contributed by atoms with Crippen LogP contribution >= 0.6 is 11.8 Å². The zero-order valence-electron chi connectivity index (χ0n) is 10.0. The van der Waals surface area contributed by atoms with Crippen molar-refractivity contribution >= 4 is 11.8 Å². The number of nitrogens with two attached hydrogens (primary N) is 1. The number of aromatic nitrogens is 2. The lowest BCUT2D eigenvalue weighted by atomic mass is 10.1. The molecule has 0 bridgehead atoms. The predicted octanol–water partition coefficient (Wildman–Crippen LogP) is 1.88. The van der Waals surface area contributed by atoms with Gasteiger partial charge in [0.1, 0.15) is 5.75 Å². The maximum atomic E-state index is 9.20. The lowest BCUT2D eigenvalue weighted by Gasteiger charge is -2.06. The summed E-state index contributed by atoms with van der Waals surface area (Å²) >= 11 is 1.63. The Morgan fingerprint density at radius 2 is 2.11 bits per heavy atom. The van der Waals surface area contributed by atoms with Crippen molar-refractivity contribution in [1.82, 2.24) is 10.1 Å². The van der Waals surface area contributed by atoms with E-state index in [1.54, 1.807) is 23.9 Å². The third kappa shape index (κ3) is 3.24. The zero-order chi connectivity index (χ0) is 13.0. The van der Waals surface area contributed by atoms with E-state index in [0.29, 0.717) is 18.1 Å². The molecule has 3 N–H and O–H groups in total. The van der Waals surface area contributed by atoms with Gasteiger partial charge in [-0.3, -0.25) is 0 Å². The molecular formula is C12H15N3O2S. The monoisotopic (exact) mass is 265 g/mol. The summed E-state index contributed by atoms with van der Waals surface area (Å²) in [4.78, 5) is 4.24. The summed E-state index contributed by atoms with van der Waals surface area (Å²) < 4.78 is 5.13. The molecule has 5 nitrogen and oxygen atoms in total. The highest BCUT2D eigenvalue weighted by molar-refractivity contribution is 7.97. The number of hydrogen-bond acceptors (Lipinski definition) is 6. The van der Waals surface area contributed by atoms with Crippen molar-refractivity contribution in [2.45, 2.75) is 18.2 Å². The number of phenols is 1. The van der Waals surface area contributed by atoms with Crippen molar-refractivity contribution < 1.29 is 9.63 Å². The minimum absolute atomic E-state index is 0.243. The molecule has 1 heterocycles. The van der Waals surface area contributed by atoms with Gasteiger partial charge in [-0.2, -0.15) is 16.7 Å². The highest BCUT2D eigenvalue weighted by Gasteiger charge is 2.15. The van der Waals surface area contributed by atoms with Gasteiger partial charge in [0.05, 0.1) is 11.8 Å². The van der Waals surface area contributed by atoms with Crippen molar-refractivity contribution in [3.63, 3.8) is 0 Å². The van der Waals surface area contributed by atoms with Gasteiger partial charge >= 0.3 is 0 Å². The van der Waals surface area contributed by atoms with E-state index in [4.69, 9.17) is 10.3 Å². The van der Waals surface area contributed by atoms with Crippen LogP contribution in [0.3, 0.4) is 0 Å². The number of nitrogens with zero attached hydrogens (tertiary/aromatic N) is 2. The third-order valence-electron chi connectivity index (χ3n) is 2.47. The van der Waals surface area contributed by atoms with E-state index in [-0.39, 0.29) is 11.8 Å². The van der Waals surface area contributed by atoms with Crippen molar-refractivity contribution in [2.24, 2.45) is 5.73 Å². The minimum atomic E-state index is -0.322. The van der Waals surface area contributed by atoms with Crippen molar-refractivity contribution in [3.8, 4) is 5.75 Å². The fraction of sp³-hybridized carbons (Fsp3) is 0.333. The number of aromatic hydroxyl groups is 1. The van der Waals surface area contributed by atoms with Gasteiger partial charge in [-0.1, -0.05) is 17.3 Å². The molecule has 1 aromatic heterocycles. The molecule has 0 aliphatic carbocycles. The molecule has 18 heavy (non-hydrogen) atoms. The average molecular weight is 265 g/mol. The van der Waals surface area contributed by atoms with Gasteiger partial charge in [-0.25, -0.2) is 0 Å². The predicted molar refractivity (Wildman–Crippen MR) is 70.3 cm³/mol.